The first-order chi connectivity index (χ1) is 21.1. The molecule has 11 heteroatoms. The van der Waals surface area contributed by atoms with Gasteiger partial charge in [0.05, 0.1) is 30.6 Å². The van der Waals surface area contributed by atoms with Crippen LogP contribution >= 0.6 is 12.4 Å². The molecule has 0 saturated carbocycles. The van der Waals surface area contributed by atoms with Gasteiger partial charge in [-0.05, 0) is 80.2 Å². The molecule has 0 aromatic heterocycles. The van der Waals surface area contributed by atoms with Gasteiger partial charge in [0.1, 0.15) is 0 Å². The third-order valence-corrected chi connectivity index (χ3v) is 10.2. The molecule has 2 saturated heterocycles. The number of nitrogens with zero attached hydrogens (tertiary/aromatic N) is 2. The van der Waals surface area contributed by atoms with Gasteiger partial charge in [-0.2, -0.15) is 0 Å². The minimum Gasteiger partial charge on any atom is -0.493 e. The molecule has 0 bridgehead atoms. The van der Waals surface area contributed by atoms with Crippen molar-refractivity contribution in [3.8, 4) is 11.5 Å². The molecule has 5 rings (SSSR count). The zero-order valence-corrected chi connectivity index (χ0v) is 27.7. The van der Waals surface area contributed by atoms with Crippen LogP contribution in [0.25, 0.3) is 0 Å². The molecule has 2 amide bonds. The molecule has 1 unspecified atom stereocenters. The van der Waals surface area contributed by atoms with E-state index in [9.17, 15) is 18.0 Å². The maximum absolute atomic E-state index is 13.6. The topological polar surface area (TPSA) is 105 Å². The summed E-state index contributed by atoms with van der Waals surface area (Å²) in [5.74, 6) is 1.09. The van der Waals surface area contributed by atoms with E-state index in [1.807, 2.05) is 35.2 Å². The molecule has 1 spiro atoms. The molecule has 45 heavy (non-hydrogen) atoms. The summed E-state index contributed by atoms with van der Waals surface area (Å²) >= 11 is 0. The predicted octanol–water partition coefficient (Wildman–Crippen LogP) is 4.91. The van der Waals surface area contributed by atoms with Crippen LogP contribution in [0.15, 0.2) is 77.7 Å². The van der Waals surface area contributed by atoms with E-state index >= 15 is 0 Å². The van der Waals surface area contributed by atoms with Crippen molar-refractivity contribution in [3.05, 3.63) is 89.5 Å². The Hall–Kier alpha value is -3.60. The third-order valence-electron chi connectivity index (χ3n) is 9.03. The molecule has 3 aromatic rings. The second-order valence-electron chi connectivity index (χ2n) is 11.8. The van der Waals surface area contributed by atoms with Gasteiger partial charge in [-0.25, -0.2) is 8.42 Å². The van der Waals surface area contributed by atoms with Crippen LogP contribution < -0.4 is 14.8 Å². The summed E-state index contributed by atoms with van der Waals surface area (Å²) in [6.07, 6.45) is 4.39. The Kier molecular flexibility index (Phi) is 11.2. The largest absolute Gasteiger partial charge is 0.493 e. The number of sulfone groups is 1. The number of amides is 2. The molecule has 2 fully saturated rings. The van der Waals surface area contributed by atoms with Crippen LogP contribution in [0.4, 0.5) is 0 Å². The highest BCUT2D eigenvalue weighted by Gasteiger charge is 2.47. The number of carbonyl (C=O) groups is 2. The number of methoxy groups -OCH3 is 2. The Balaban J connectivity index is 0.00000461. The number of halogens is 1. The van der Waals surface area contributed by atoms with E-state index in [2.05, 4.69) is 10.2 Å². The van der Waals surface area contributed by atoms with Gasteiger partial charge >= 0.3 is 0 Å². The van der Waals surface area contributed by atoms with E-state index in [1.165, 1.54) is 6.26 Å². The van der Waals surface area contributed by atoms with Crippen molar-refractivity contribution in [2.75, 3.05) is 46.7 Å². The van der Waals surface area contributed by atoms with Crippen molar-refractivity contribution in [3.63, 3.8) is 0 Å². The number of likely N-dealkylation sites (tertiary alicyclic amines) is 2. The van der Waals surface area contributed by atoms with Crippen molar-refractivity contribution < 1.29 is 27.5 Å². The van der Waals surface area contributed by atoms with Gasteiger partial charge in [0, 0.05) is 31.5 Å². The summed E-state index contributed by atoms with van der Waals surface area (Å²) in [6, 6.07) is 21.8. The van der Waals surface area contributed by atoms with Gasteiger partial charge in [0.2, 0.25) is 5.91 Å². The maximum atomic E-state index is 13.6. The fourth-order valence-electron chi connectivity index (χ4n) is 6.31. The standard InChI is InChI=1S/C34H41N3O6S.ClH/c1-42-30-14-11-27(23-31(30)43-2)32(38)35-29(26-7-5-4-6-8-26)15-19-36-20-16-34(17-21-36)18-22-37(33(34)39)24-25-9-12-28(13-10-25)44(3,40)41;/h4-14,23,29H,15-22,24H2,1-3H3,(H,35,38);1H. The second-order valence-corrected chi connectivity index (χ2v) is 13.8. The highest BCUT2D eigenvalue weighted by Crippen LogP contribution is 2.42. The number of benzene rings is 3. The summed E-state index contributed by atoms with van der Waals surface area (Å²) < 4.78 is 34.3. The first-order valence-electron chi connectivity index (χ1n) is 15.0. The van der Waals surface area contributed by atoms with E-state index in [4.69, 9.17) is 9.47 Å². The number of ether oxygens (including phenoxy) is 2. The predicted molar refractivity (Wildman–Crippen MR) is 176 cm³/mol. The van der Waals surface area contributed by atoms with Crippen LogP contribution in [0.2, 0.25) is 0 Å². The minimum atomic E-state index is -3.25. The monoisotopic (exact) mass is 655 g/mol. The molecule has 0 aliphatic carbocycles. The average Bonchev–Trinajstić information content (AvgIpc) is 3.33. The van der Waals surface area contributed by atoms with Gasteiger partial charge in [-0.3, -0.25) is 9.59 Å². The zero-order valence-electron chi connectivity index (χ0n) is 26.0. The van der Waals surface area contributed by atoms with Crippen molar-refractivity contribution in [2.24, 2.45) is 5.41 Å². The van der Waals surface area contributed by atoms with Crippen LogP contribution in [0.5, 0.6) is 11.5 Å². The molecular formula is C34H42ClN3O6S. The van der Waals surface area contributed by atoms with Crippen molar-refractivity contribution >= 4 is 34.1 Å². The van der Waals surface area contributed by atoms with Crippen molar-refractivity contribution in [1.29, 1.82) is 0 Å². The molecule has 3 aromatic carbocycles. The summed E-state index contributed by atoms with van der Waals surface area (Å²) in [6.45, 7) is 3.66. The fraction of sp³-hybridized carbons (Fsp3) is 0.412. The number of hydrogen-bond donors (Lipinski definition) is 1. The molecule has 0 radical (unpaired) electrons. The average molecular weight is 656 g/mol. The molecule has 1 atom stereocenters. The van der Waals surface area contributed by atoms with Gasteiger partial charge < -0.3 is 24.6 Å². The van der Waals surface area contributed by atoms with Gasteiger partial charge in [-0.1, -0.05) is 42.5 Å². The number of carbonyl (C=O) groups excluding carboxylic acids is 2. The molecule has 2 heterocycles. The summed E-state index contributed by atoms with van der Waals surface area (Å²) in [4.78, 5) is 31.4. The van der Waals surface area contributed by atoms with Crippen molar-refractivity contribution in [1.82, 2.24) is 15.1 Å². The summed E-state index contributed by atoms with van der Waals surface area (Å²) in [7, 11) is -0.138. The number of hydrogen-bond acceptors (Lipinski definition) is 7. The van der Waals surface area contributed by atoms with Crippen LogP contribution in [0.1, 0.15) is 53.2 Å². The number of piperidine rings is 1. The zero-order chi connectivity index (χ0) is 31.3. The maximum Gasteiger partial charge on any atom is 0.251 e. The molecule has 1 N–H and O–H groups in total. The van der Waals surface area contributed by atoms with Crippen LogP contribution in [0, 0.1) is 5.41 Å². The van der Waals surface area contributed by atoms with E-state index in [-0.39, 0.29) is 40.6 Å². The number of nitrogens with one attached hydrogen (secondary N) is 1. The lowest BCUT2D eigenvalue weighted by atomic mass is 9.77. The van der Waals surface area contributed by atoms with E-state index in [1.54, 1.807) is 56.7 Å². The first kappa shape index (κ1) is 34.3. The highest BCUT2D eigenvalue weighted by atomic mass is 35.5. The lowest BCUT2D eigenvalue weighted by molar-refractivity contribution is -0.138. The van der Waals surface area contributed by atoms with E-state index < -0.39 is 9.84 Å². The fourth-order valence-corrected chi connectivity index (χ4v) is 6.94. The molecule has 242 valence electrons. The normalized spacial score (nSPS) is 17.0. The Labute approximate surface area is 272 Å². The Morgan fingerprint density at radius 3 is 2.18 bits per heavy atom. The van der Waals surface area contributed by atoms with E-state index in [0.717, 1.165) is 56.4 Å². The van der Waals surface area contributed by atoms with Crippen LogP contribution in [-0.2, 0) is 21.2 Å². The quantitative estimate of drug-likeness (QED) is 0.313. The Bertz CT molecular complexity index is 1580. The van der Waals surface area contributed by atoms with Gasteiger partial charge in [0.15, 0.2) is 21.3 Å². The summed E-state index contributed by atoms with van der Waals surface area (Å²) in [5.41, 5.74) is 2.14. The Morgan fingerprint density at radius 2 is 1.56 bits per heavy atom. The van der Waals surface area contributed by atoms with E-state index in [0.29, 0.717) is 30.2 Å². The molecule has 9 nitrogen and oxygen atoms in total. The van der Waals surface area contributed by atoms with Crippen LogP contribution in [-0.4, -0.2) is 76.7 Å². The van der Waals surface area contributed by atoms with Gasteiger partial charge in [0.25, 0.3) is 5.91 Å². The second kappa shape index (κ2) is 14.7. The lowest BCUT2D eigenvalue weighted by Gasteiger charge is -2.38. The molecule has 2 aliphatic heterocycles. The highest BCUT2D eigenvalue weighted by molar-refractivity contribution is 7.90. The number of rotatable bonds is 11. The van der Waals surface area contributed by atoms with Gasteiger partial charge in [-0.15, -0.1) is 12.4 Å². The minimum absolute atomic E-state index is 0. The third kappa shape index (κ3) is 7.98. The molecule has 2 aliphatic rings. The SMILES string of the molecule is COc1ccc(C(=O)NC(CCN2CCC3(CC2)CCN(Cc2ccc(S(C)(=O)=O)cc2)C3=O)c2ccccc2)cc1OC.Cl. The van der Waals surface area contributed by atoms with Crippen molar-refractivity contribution in [2.45, 2.75) is 43.2 Å². The van der Waals surface area contributed by atoms with Crippen LogP contribution in [0.3, 0.4) is 0 Å². The summed E-state index contributed by atoms with van der Waals surface area (Å²) in [5, 5.41) is 3.22. The first-order valence-corrected chi connectivity index (χ1v) is 16.9. The lowest BCUT2D eigenvalue weighted by Crippen LogP contribution is -2.45. The molecular weight excluding hydrogens is 614 g/mol. The smallest absolute Gasteiger partial charge is 0.251 e. The Morgan fingerprint density at radius 1 is 0.911 bits per heavy atom.